The quantitative estimate of drug-likeness (QED) is 0.495. The molecule has 12 heavy (non-hydrogen) atoms. The van der Waals surface area contributed by atoms with Crippen LogP contribution in [-0.2, 0) is 4.57 Å². The molecule has 3 rings (SSSR count). The molecule has 2 N–H and O–H groups in total. The molecule has 3 heterocycles. The molecule has 3 aliphatic rings. The van der Waals surface area contributed by atoms with Gasteiger partial charge >= 0.3 is 8.25 Å². The highest BCUT2D eigenvalue weighted by atomic mass is 31.1. The maximum atomic E-state index is 8.70. The molecule has 0 aromatic rings. The van der Waals surface area contributed by atoms with E-state index in [1.807, 2.05) is 0 Å². The predicted molar refractivity (Wildman–Crippen MR) is 44.9 cm³/mol. The smallest absolute Gasteiger partial charge is 0.300 e. The Balaban J connectivity index is 0.000000157. The van der Waals surface area contributed by atoms with E-state index in [9.17, 15) is 0 Å². The lowest BCUT2D eigenvalue weighted by molar-refractivity contribution is 0.0647. The van der Waals surface area contributed by atoms with Gasteiger partial charge in [0.25, 0.3) is 0 Å². The summed E-state index contributed by atoms with van der Waals surface area (Å²) >= 11 is 0. The summed E-state index contributed by atoms with van der Waals surface area (Å²) in [6.45, 7) is 7.92. The number of fused-ring (bicyclic) bond motifs is 3. The van der Waals surface area contributed by atoms with E-state index in [0.29, 0.717) is 0 Å². The first-order valence-corrected chi connectivity index (χ1v) is 5.15. The van der Waals surface area contributed by atoms with E-state index in [-0.39, 0.29) is 0 Å². The average molecular weight is 193 g/mol. The first-order chi connectivity index (χ1) is 5.68. The van der Waals surface area contributed by atoms with Gasteiger partial charge in [0, 0.05) is 43.8 Å². The minimum atomic E-state index is -2.87. The summed E-state index contributed by atoms with van der Waals surface area (Å²) < 4.78 is 8.70. The second-order valence-electron chi connectivity index (χ2n) is 2.94. The lowest BCUT2D eigenvalue weighted by Crippen LogP contribution is -2.55. The summed E-state index contributed by atoms with van der Waals surface area (Å²) in [4.78, 5) is 19.3. The highest BCUT2D eigenvalue weighted by Gasteiger charge is 2.21. The van der Waals surface area contributed by atoms with Gasteiger partial charge in [-0.3, -0.25) is 9.80 Å². The molecule has 0 radical (unpaired) electrons. The molecule has 0 atom stereocenters. The van der Waals surface area contributed by atoms with E-state index >= 15 is 0 Å². The van der Waals surface area contributed by atoms with Gasteiger partial charge in [0.2, 0.25) is 0 Å². The molecule has 0 unspecified atom stereocenters. The van der Waals surface area contributed by atoms with Crippen molar-refractivity contribution in [2.75, 3.05) is 39.3 Å². The second kappa shape index (κ2) is 4.84. The van der Waals surface area contributed by atoms with Crippen molar-refractivity contribution in [3.05, 3.63) is 0 Å². The minimum Gasteiger partial charge on any atom is -0.300 e. The lowest BCUT2D eigenvalue weighted by atomic mass is 10.2. The van der Waals surface area contributed by atoms with Crippen molar-refractivity contribution < 1.29 is 14.4 Å². The molecule has 3 fully saturated rings. The summed E-state index contributed by atoms with van der Waals surface area (Å²) in [5.41, 5.74) is 0. The van der Waals surface area contributed by atoms with Crippen molar-refractivity contribution in [3.63, 3.8) is 0 Å². The van der Waals surface area contributed by atoms with Crippen molar-refractivity contribution in [2.24, 2.45) is 0 Å². The summed E-state index contributed by atoms with van der Waals surface area (Å²) in [6, 6.07) is 0. The van der Waals surface area contributed by atoms with Crippen molar-refractivity contribution in [1.82, 2.24) is 9.80 Å². The van der Waals surface area contributed by atoms with Gasteiger partial charge < -0.3 is 0 Å². The first-order valence-electron chi connectivity index (χ1n) is 3.98. The van der Waals surface area contributed by atoms with Crippen LogP contribution in [0.1, 0.15) is 0 Å². The zero-order chi connectivity index (χ0) is 8.97. The largest absolute Gasteiger partial charge is 0.692 e. The molecule has 0 aliphatic carbocycles. The van der Waals surface area contributed by atoms with Crippen LogP contribution in [0, 0.1) is 0 Å². The molecular formula is C6H14N2O3P+. The summed E-state index contributed by atoms with van der Waals surface area (Å²) in [7, 11) is -2.87. The van der Waals surface area contributed by atoms with Crippen LogP contribution in [0.25, 0.3) is 0 Å². The third kappa shape index (κ3) is 3.56. The fourth-order valence-corrected chi connectivity index (χ4v) is 1.52. The lowest BCUT2D eigenvalue weighted by Gasteiger charge is -2.41. The Labute approximate surface area is 72.5 Å². The maximum Gasteiger partial charge on any atom is 0.692 e. The Kier molecular flexibility index (Phi) is 4.05. The molecule has 0 saturated carbocycles. The Morgan fingerprint density at radius 1 is 0.833 bits per heavy atom. The third-order valence-corrected chi connectivity index (χ3v) is 2.20. The Hall–Kier alpha value is -0.0600. The third-order valence-electron chi connectivity index (χ3n) is 2.20. The Morgan fingerprint density at radius 3 is 1.08 bits per heavy atom. The zero-order valence-corrected chi connectivity index (χ0v) is 7.78. The van der Waals surface area contributed by atoms with Gasteiger partial charge in [-0.1, -0.05) is 0 Å². The molecule has 70 valence electrons. The number of nitrogens with zero attached hydrogens (tertiary/aromatic N) is 2. The predicted octanol–water partition coefficient (Wildman–Crippen LogP) is -0.754. The number of hydrogen-bond acceptors (Lipinski definition) is 3. The fraction of sp³-hybridized carbons (Fsp3) is 1.00. The van der Waals surface area contributed by atoms with Crippen LogP contribution < -0.4 is 0 Å². The van der Waals surface area contributed by atoms with Gasteiger partial charge in [-0.15, -0.1) is 9.79 Å². The van der Waals surface area contributed by atoms with Crippen LogP contribution >= 0.6 is 8.25 Å². The van der Waals surface area contributed by atoms with Crippen LogP contribution in [-0.4, -0.2) is 58.9 Å². The minimum absolute atomic E-state index is 1.32. The highest BCUT2D eigenvalue weighted by molar-refractivity contribution is 7.30. The van der Waals surface area contributed by atoms with Gasteiger partial charge in [-0.25, -0.2) is 0 Å². The van der Waals surface area contributed by atoms with Crippen LogP contribution in [0.15, 0.2) is 0 Å². The fourth-order valence-electron chi connectivity index (χ4n) is 1.52. The summed E-state index contributed by atoms with van der Waals surface area (Å²) in [6.07, 6.45) is 0. The second-order valence-corrected chi connectivity index (χ2v) is 3.44. The summed E-state index contributed by atoms with van der Waals surface area (Å²) in [5, 5.41) is 0. The van der Waals surface area contributed by atoms with Crippen LogP contribution in [0.5, 0.6) is 0 Å². The van der Waals surface area contributed by atoms with Gasteiger partial charge in [0.05, 0.1) is 0 Å². The number of rotatable bonds is 0. The van der Waals surface area contributed by atoms with Crippen molar-refractivity contribution >= 4 is 8.25 Å². The van der Waals surface area contributed by atoms with E-state index in [1.165, 1.54) is 39.3 Å². The van der Waals surface area contributed by atoms with E-state index < -0.39 is 8.25 Å². The van der Waals surface area contributed by atoms with E-state index in [0.717, 1.165) is 0 Å². The van der Waals surface area contributed by atoms with E-state index in [4.69, 9.17) is 14.4 Å². The van der Waals surface area contributed by atoms with Gasteiger partial charge in [0.15, 0.2) is 0 Å². The number of piperazine rings is 3. The van der Waals surface area contributed by atoms with Crippen LogP contribution in [0.2, 0.25) is 0 Å². The van der Waals surface area contributed by atoms with Gasteiger partial charge in [-0.05, 0) is 0 Å². The highest BCUT2D eigenvalue weighted by Crippen LogP contribution is 2.06. The molecule has 0 aromatic carbocycles. The van der Waals surface area contributed by atoms with Crippen molar-refractivity contribution in [1.29, 1.82) is 0 Å². The number of hydrogen-bond donors (Lipinski definition) is 2. The average Bonchev–Trinajstić information content (AvgIpc) is 2.07. The molecule has 3 aliphatic heterocycles. The Bertz CT molecular complexity index is 132. The monoisotopic (exact) mass is 193 g/mol. The van der Waals surface area contributed by atoms with E-state index in [2.05, 4.69) is 9.80 Å². The maximum absolute atomic E-state index is 8.70. The molecule has 3 saturated heterocycles. The van der Waals surface area contributed by atoms with Crippen LogP contribution in [0.4, 0.5) is 0 Å². The van der Waals surface area contributed by atoms with Crippen molar-refractivity contribution in [3.8, 4) is 0 Å². The Morgan fingerprint density at radius 2 is 1.00 bits per heavy atom. The topological polar surface area (TPSA) is 64.0 Å². The SMILES string of the molecule is C1CN2CCN1CC2.O=[P+](O)O. The molecule has 6 heteroatoms. The van der Waals surface area contributed by atoms with Crippen LogP contribution in [0.3, 0.4) is 0 Å². The molecule has 0 spiro atoms. The van der Waals surface area contributed by atoms with Gasteiger partial charge in [0.1, 0.15) is 0 Å². The molecule has 2 bridgehead atoms. The first kappa shape index (κ1) is 10.0. The van der Waals surface area contributed by atoms with Gasteiger partial charge in [-0.2, -0.15) is 0 Å². The molecule has 5 nitrogen and oxygen atoms in total. The summed E-state index contributed by atoms with van der Waals surface area (Å²) in [5.74, 6) is 0. The zero-order valence-electron chi connectivity index (χ0n) is 6.89. The molecule has 0 amide bonds. The molecule has 0 aromatic heterocycles. The normalized spacial score (nSPS) is 32.2. The molecular weight excluding hydrogens is 179 g/mol. The standard InChI is InChI=1S/C6H12N2.HO3P/c1-2-8-5-3-7(1)4-6-8;1-4(2)3/h1-6H2;(H-,1,2,3)/p+1. The van der Waals surface area contributed by atoms with Crippen molar-refractivity contribution in [2.45, 2.75) is 0 Å². The van der Waals surface area contributed by atoms with E-state index in [1.54, 1.807) is 0 Å².